The molecular formula is C10H15ClN2O2. The fourth-order valence-corrected chi connectivity index (χ4v) is 1.25. The van der Waals surface area contributed by atoms with Gasteiger partial charge in [-0.25, -0.2) is 4.98 Å². The fraction of sp³-hybridized carbons (Fsp3) is 0.500. The Hall–Kier alpha value is -1.16. The minimum atomic E-state index is -0.466. The zero-order valence-corrected chi connectivity index (χ0v) is 9.91. The number of halogens is 1. The van der Waals surface area contributed by atoms with Gasteiger partial charge in [-0.15, -0.1) is 0 Å². The lowest BCUT2D eigenvalue weighted by molar-refractivity contribution is -0.385. The second-order valence-electron chi connectivity index (χ2n) is 2.65. The summed E-state index contributed by atoms with van der Waals surface area (Å²) in [6, 6.07) is 2.70. The number of hydrogen-bond donors (Lipinski definition) is 0. The van der Waals surface area contributed by atoms with Crippen LogP contribution < -0.4 is 0 Å². The van der Waals surface area contributed by atoms with Crippen molar-refractivity contribution in [3.8, 4) is 0 Å². The predicted molar refractivity (Wildman–Crippen MR) is 61.2 cm³/mol. The Labute approximate surface area is 94.4 Å². The average molecular weight is 231 g/mol. The molecule has 1 aromatic heterocycles. The summed E-state index contributed by atoms with van der Waals surface area (Å²) < 4.78 is 0. The third kappa shape index (κ3) is 4.74. The van der Waals surface area contributed by atoms with Crippen molar-refractivity contribution in [1.82, 2.24) is 4.98 Å². The van der Waals surface area contributed by atoms with Gasteiger partial charge < -0.3 is 0 Å². The molecule has 0 N–H and O–H groups in total. The van der Waals surface area contributed by atoms with Crippen molar-refractivity contribution >= 4 is 17.3 Å². The number of pyridine rings is 1. The second kappa shape index (κ2) is 7.17. The molecule has 1 heterocycles. The molecule has 5 heteroatoms. The molecule has 0 radical (unpaired) electrons. The molecule has 0 bridgehead atoms. The lowest BCUT2D eigenvalue weighted by Gasteiger charge is -1.98. The Bertz CT molecular complexity index is 329. The third-order valence-electron chi connectivity index (χ3n) is 1.55. The van der Waals surface area contributed by atoms with Crippen LogP contribution in [-0.4, -0.2) is 9.91 Å². The zero-order valence-electron chi connectivity index (χ0n) is 9.16. The van der Waals surface area contributed by atoms with Crippen LogP contribution in [0.2, 0.25) is 5.15 Å². The van der Waals surface area contributed by atoms with E-state index >= 15 is 0 Å². The Balaban J connectivity index is 0.000000921. The van der Waals surface area contributed by atoms with E-state index in [0.29, 0.717) is 12.1 Å². The maximum Gasteiger partial charge on any atom is 0.274 e. The average Bonchev–Trinajstić information content (AvgIpc) is 2.20. The first-order valence-corrected chi connectivity index (χ1v) is 5.32. The Morgan fingerprint density at radius 1 is 1.47 bits per heavy atom. The first kappa shape index (κ1) is 13.8. The van der Waals surface area contributed by atoms with Crippen LogP contribution in [0.4, 0.5) is 5.69 Å². The monoisotopic (exact) mass is 230 g/mol. The molecule has 0 aliphatic carbocycles. The highest BCUT2D eigenvalue weighted by Crippen LogP contribution is 2.18. The zero-order chi connectivity index (χ0) is 11.8. The van der Waals surface area contributed by atoms with E-state index in [1.54, 1.807) is 0 Å². The van der Waals surface area contributed by atoms with Crippen LogP contribution in [-0.2, 0) is 6.42 Å². The molecule has 0 spiro atoms. The molecule has 1 aromatic rings. The molecule has 4 nitrogen and oxygen atoms in total. The van der Waals surface area contributed by atoms with Crippen molar-refractivity contribution in [3.05, 3.63) is 33.1 Å². The van der Waals surface area contributed by atoms with Crippen LogP contribution in [0.5, 0.6) is 0 Å². The quantitative estimate of drug-likeness (QED) is 0.453. The van der Waals surface area contributed by atoms with E-state index in [4.69, 9.17) is 11.6 Å². The smallest absolute Gasteiger partial charge is 0.258 e. The van der Waals surface area contributed by atoms with Gasteiger partial charge in [-0.2, -0.15) is 0 Å². The number of aryl methyl sites for hydroxylation is 1. The Morgan fingerprint density at radius 3 is 2.53 bits per heavy atom. The Morgan fingerprint density at radius 2 is 2.07 bits per heavy atom. The number of nitrogens with zero attached hydrogens (tertiary/aromatic N) is 2. The van der Waals surface area contributed by atoms with Crippen LogP contribution in [0, 0.1) is 10.1 Å². The van der Waals surface area contributed by atoms with Gasteiger partial charge in [0, 0.05) is 11.8 Å². The predicted octanol–water partition coefficient (Wildman–Crippen LogP) is 3.62. The number of aromatic nitrogens is 1. The van der Waals surface area contributed by atoms with Crippen LogP contribution >= 0.6 is 11.6 Å². The van der Waals surface area contributed by atoms with Crippen LogP contribution in [0.1, 0.15) is 32.9 Å². The van der Waals surface area contributed by atoms with E-state index in [2.05, 4.69) is 4.98 Å². The van der Waals surface area contributed by atoms with Gasteiger partial charge in [0.25, 0.3) is 5.69 Å². The maximum absolute atomic E-state index is 10.4. The fourth-order valence-electron chi connectivity index (χ4n) is 1.03. The third-order valence-corrected chi connectivity index (χ3v) is 1.74. The molecule has 84 valence electrons. The van der Waals surface area contributed by atoms with Gasteiger partial charge >= 0.3 is 0 Å². The van der Waals surface area contributed by atoms with Crippen molar-refractivity contribution in [2.75, 3.05) is 0 Å². The minimum absolute atomic E-state index is 0.00319. The molecule has 15 heavy (non-hydrogen) atoms. The van der Waals surface area contributed by atoms with Crippen molar-refractivity contribution in [2.24, 2.45) is 0 Å². The summed E-state index contributed by atoms with van der Waals surface area (Å²) in [4.78, 5) is 13.9. The highest BCUT2D eigenvalue weighted by atomic mass is 35.5. The molecule has 0 aromatic carbocycles. The second-order valence-corrected chi connectivity index (χ2v) is 3.03. The molecule has 0 atom stereocenters. The van der Waals surface area contributed by atoms with Crippen LogP contribution in [0.15, 0.2) is 12.1 Å². The largest absolute Gasteiger partial charge is 0.274 e. The number of hydrogen-bond acceptors (Lipinski definition) is 3. The first-order chi connectivity index (χ1) is 7.13. The molecule has 0 saturated heterocycles. The molecule has 0 aliphatic heterocycles. The molecule has 0 amide bonds. The van der Waals surface area contributed by atoms with Gasteiger partial charge in [0.2, 0.25) is 0 Å². The van der Waals surface area contributed by atoms with Crippen molar-refractivity contribution in [1.29, 1.82) is 0 Å². The van der Waals surface area contributed by atoms with Gasteiger partial charge in [0.05, 0.1) is 11.0 Å². The highest BCUT2D eigenvalue weighted by Gasteiger charge is 2.09. The summed E-state index contributed by atoms with van der Waals surface area (Å²) in [6.07, 6.45) is 1.60. The topological polar surface area (TPSA) is 56.0 Å². The number of nitro groups is 1. The van der Waals surface area contributed by atoms with Gasteiger partial charge in [-0.3, -0.25) is 10.1 Å². The van der Waals surface area contributed by atoms with Crippen LogP contribution in [0.3, 0.4) is 0 Å². The highest BCUT2D eigenvalue weighted by molar-refractivity contribution is 6.29. The normalized spacial score (nSPS) is 9.07. The van der Waals surface area contributed by atoms with Crippen molar-refractivity contribution in [3.63, 3.8) is 0 Å². The summed E-state index contributed by atoms with van der Waals surface area (Å²) in [6.45, 7) is 5.98. The van der Waals surface area contributed by atoms with E-state index < -0.39 is 4.92 Å². The van der Waals surface area contributed by atoms with E-state index in [9.17, 15) is 10.1 Å². The summed E-state index contributed by atoms with van der Waals surface area (Å²) in [7, 11) is 0. The van der Waals surface area contributed by atoms with Gasteiger partial charge in [0.15, 0.2) is 0 Å². The van der Waals surface area contributed by atoms with Crippen molar-refractivity contribution in [2.45, 2.75) is 33.6 Å². The number of rotatable bonds is 3. The summed E-state index contributed by atoms with van der Waals surface area (Å²) >= 11 is 5.61. The van der Waals surface area contributed by atoms with Gasteiger partial charge in [-0.05, 0) is 6.42 Å². The summed E-state index contributed by atoms with van der Waals surface area (Å²) in [5, 5.41) is 10.6. The minimum Gasteiger partial charge on any atom is -0.258 e. The molecule has 0 fully saturated rings. The molecule has 1 rings (SSSR count). The molecule has 0 aliphatic rings. The van der Waals surface area contributed by atoms with E-state index in [1.807, 2.05) is 20.8 Å². The SMILES string of the molecule is CC.CCCc1cc([N+](=O)[O-])cc(Cl)n1. The first-order valence-electron chi connectivity index (χ1n) is 4.94. The van der Waals surface area contributed by atoms with E-state index in [0.717, 1.165) is 6.42 Å². The lowest BCUT2D eigenvalue weighted by Crippen LogP contribution is -1.94. The van der Waals surface area contributed by atoms with Gasteiger partial charge in [-0.1, -0.05) is 38.8 Å². The molecular weight excluding hydrogens is 216 g/mol. The Kier molecular flexibility index (Phi) is 6.62. The standard InChI is InChI=1S/C8H9ClN2O2.C2H6/c1-2-3-6-4-7(11(12)13)5-8(9)10-6;1-2/h4-5H,2-3H2,1H3;1-2H3. The molecule has 0 saturated carbocycles. The van der Waals surface area contributed by atoms with Gasteiger partial charge in [0.1, 0.15) is 5.15 Å². The van der Waals surface area contributed by atoms with Crippen LogP contribution in [0.25, 0.3) is 0 Å². The summed E-state index contributed by atoms with van der Waals surface area (Å²) in [5.74, 6) is 0. The molecule has 0 unspecified atom stereocenters. The van der Waals surface area contributed by atoms with E-state index in [1.165, 1.54) is 12.1 Å². The van der Waals surface area contributed by atoms with E-state index in [-0.39, 0.29) is 10.8 Å². The summed E-state index contributed by atoms with van der Waals surface area (Å²) in [5.41, 5.74) is 0.671. The van der Waals surface area contributed by atoms with Crippen molar-refractivity contribution < 1.29 is 4.92 Å². The lowest BCUT2D eigenvalue weighted by atomic mass is 10.2. The maximum atomic E-state index is 10.4.